The summed E-state index contributed by atoms with van der Waals surface area (Å²) in [5, 5.41) is 2.36. The van der Waals surface area contributed by atoms with Crippen LogP contribution >= 0.6 is 0 Å². The van der Waals surface area contributed by atoms with Crippen molar-refractivity contribution in [3.05, 3.63) is 47.5 Å². The molecule has 3 heteroatoms. The molecule has 0 unspecified atom stereocenters. The van der Waals surface area contributed by atoms with Crippen LogP contribution in [0.4, 0.5) is 0 Å². The lowest BCUT2D eigenvalue weighted by Crippen LogP contribution is -1.96. The van der Waals surface area contributed by atoms with E-state index >= 15 is 0 Å². The lowest BCUT2D eigenvalue weighted by atomic mass is 9.94. The second-order valence-electron chi connectivity index (χ2n) is 5.18. The highest BCUT2D eigenvalue weighted by molar-refractivity contribution is 5.92. The molecule has 0 aliphatic rings. The number of benzene rings is 2. The van der Waals surface area contributed by atoms with Gasteiger partial charge in [0.1, 0.15) is 5.75 Å². The summed E-state index contributed by atoms with van der Waals surface area (Å²) in [5.74, 6) is 0.506. The standard InChI is InChI=1S/C19H22O3/c1-4-5-6-17-14(10-12-19(20)22-3)7-8-15-9-11-16(21-2)13-18(15)17/h7-13H,4-6H2,1-3H3/b12-10+. The number of aryl methyl sites for hydroxylation is 1. The van der Waals surface area contributed by atoms with Crippen molar-refractivity contribution >= 4 is 22.8 Å². The molecule has 3 nitrogen and oxygen atoms in total. The van der Waals surface area contributed by atoms with Gasteiger partial charge in [-0.2, -0.15) is 0 Å². The quantitative estimate of drug-likeness (QED) is 0.586. The van der Waals surface area contributed by atoms with E-state index in [1.807, 2.05) is 12.1 Å². The summed E-state index contributed by atoms with van der Waals surface area (Å²) in [6.07, 6.45) is 6.50. The Morgan fingerprint density at radius 2 is 1.95 bits per heavy atom. The normalized spacial score (nSPS) is 11.0. The molecule has 0 atom stereocenters. The lowest BCUT2D eigenvalue weighted by molar-refractivity contribution is -0.134. The summed E-state index contributed by atoms with van der Waals surface area (Å²) >= 11 is 0. The van der Waals surface area contributed by atoms with Gasteiger partial charge in [0.05, 0.1) is 14.2 Å². The van der Waals surface area contributed by atoms with Gasteiger partial charge in [-0.15, -0.1) is 0 Å². The van der Waals surface area contributed by atoms with Gasteiger partial charge < -0.3 is 9.47 Å². The summed E-state index contributed by atoms with van der Waals surface area (Å²) in [4.78, 5) is 11.3. The Kier molecular flexibility index (Phi) is 5.59. The number of fused-ring (bicyclic) bond motifs is 1. The molecule has 0 fully saturated rings. The zero-order valence-corrected chi connectivity index (χ0v) is 13.4. The van der Waals surface area contributed by atoms with E-state index in [2.05, 4.69) is 35.9 Å². The smallest absolute Gasteiger partial charge is 0.330 e. The fraction of sp³-hybridized carbons (Fsp3) is 0.316. The first kappa shape index (κ1) is 16.1. The van der Waals surface area contributed by atoms with E-state index < -0.39 is 0 Å². The fourth-order valence-electron chi connectivity index (χ4n) is 2.52. The van der Waals surface area contributed by atoms with Crippen molar-refractivity contribution in [1.82, 2.24) is 0 Å². The summed E-state index contributed by atoms with van der Waals surface area (Å²) in [6, 6.07) is 10.2. The van der Waals surface area contributed by atoms with Gasteiger partial charge in [0.15, 0.2) is 0 Å². The van der Waals surface area contributed by atoms with Crippen LogP contribution in [-0.4, -0.2) is 20.2 Å². The van der Waals surface area contributed by atoms with Crippen molar-refractivity contribution in [3.8, 4) is 5.75 Å². The molecule has 0 saturated carbocycles. The van der Waals surface area contributed by atoms with Crippen LogP contribution < -0.4 is 4.74 Å². The maximum Gasteiger partial charge on any atom is 0.330 e. The zero-order chi connectivity index (χ0) is 15.9. The molecule has 0 heterocycles. The van der Waals surface area contributed by atoms with E-state index in [1.165, 1.54) is 29.5 Å². The Hall–Kier alpha value is -2.29. The van der Waals surface area contributed by atoms with E-state index in [4.69, 9.17) is 4.74 Å². The average Bonchev–Trinajstić information content (AvgIpc) is 2.57. The molecule has 0 saturated heterocycles. The Morgan fingerprint density at radius 3 is 2.64 bits per heavy atom. The fourth-order valence-corrected chi connectivity index (χ4v) is 2.52. The molecule has 116 valence electrons. The van der Waals surface area contributed by atoms with Crippen molar-refractivity contribution in [2.45, 2.75) is 26.2 Å². The monoisotopic (exact) mass is 298 g/mol. The van der Waals surface area contributed by atoms with E-state index in [1.54, 1.807) is 7.11 Å². The third-order valence-corrected chi connectivity index (χ3v) is 3.76. The predicted molar refractivity (Wildman–Crippen MR) is 90.2 cm³/mol. The Labute approximate surface area is 131 Å². The maximum atomic E-state index is 11.3. The maximum absolute atomic E-state index is 11.3. The summed E-state index contributed by atoms with van der Waals surface area (Å²) in [7, 11) is 3.06. The highest BCUT2D eigenvalue weighted by Crippen LogP contribution is 2.28. The first-order valence-corrected chi connectivity index (χ1v) is 7.55. The summed E-state index contributed by atoms with van der Waals surface area (Å²) in [6.45, 7) is 2.18. The molecule has 22 heavy (non-hydrogen) atoms. The first-order chi connectivity index (χ1) is 10.7. The highest BCUT2D eigenvalue weighted by atomic mass is 16.5. The van der Waals surface area contributed by atoms with Crippen LogP contribution in [0.5, 0.6) is 5.75 Å². The minimum atomic E-state index is -0.341. The van der Waals surface area contributed by atoms with Gasteiger partial charge in [0.2, 0.25) is 0 Å². The number of esters is 1. The Bertz CT molecular complexity index is 686. The number of unbranched alkanes of at least 4 members (excludes halogenated alkanes) is 1. The molecule has 2 aromatic rings. The van der Waals surface area contributed by atoms with Gasteiger partial charge in [0.25, 0.3) is 0 Å². The largest absolute Gasteiger partial charge is 0.497 e. The molecule has 0 aromatic heterocycles. The molecule has 0 aliphatic carbocycles. The third kappa shape index (κ3) is 3.67. The van der Waals surface area contributed by atoms with Gasteiger partial charge in [-0.1, -0.05) is 31.5 Å². The number of hydrogen-bond donors (Lipinski definition) is 0. The molecule has 0 amide bonds. The molecule has 0 bridgehead atoms. The zero-order valence-electron chi connectivity index (χ0n) is 13.4. The molecule has 0 radical (unpaired) electrons. The van der Waals surface area contributed by atoms with E-state index in [-0.39, 0.29) is 5.97 Å². The van der Waals surface area contributed by atoms with Crippen LogP contribution in [0.1, 0.15) is 30.9 Å². The van der Waals surface area contributed by atoms with Crippen molar-refractivity contribution in [3.63, 3.8) is 0 Å². The Balaban J connectivity index is 2.54. The topological polar surface area (TPSA) is 35.5 Å². The van der Waals surface area contributed by atoms with Gasteiger partial charge in [0, 0.05) is 6.08 Å². The number of rotatable bonds is 6. The van der Waals surface area contributed by atoms with Crippen LogP contribution in [0, 0.1) is 0 Å². The van der Waals surface area contributed by atoms with Crippen LogP contribution in [0.2, 0.25) is 0 Å². The van der Waals surface area contributed by atoms with E-state index in [9.17, 15) is 4.79 Å². The molecular weight excluding hydrogens is 276 g/mol. The Morgan fingerprint density at radius 1 is 1.18 bits per heavy atom. The average molecular weight is 298 g/mol. The van der Waals surface area contributed by atoms with E-state index in [0.717, 1.165) is 30.6 Å². The molecule has 0 spiro atoms. The van der Waals surface area contributed by atoms with Crippen LogP contribution in [0.3, 0.4) is 0 Å². The van der Waals surface area contributed by atoms with Crippen LogP contribution in [0.15, 0.2) is 36.4 Å². The second kappa shape index (κ2) is 7.64. The minimum Gasteiger partial charge on any atom is -0.497 e. The third-order valence-electron chi connectivity index (χ3n) is 3.76. The van der Waals surface area contributed by atoms with Gasteiger partial charge >= 0.3 is 5.97 Å². The van der Waals surface area contributed by atoms with Crippen molar-refractivity contribution in [1.29, 1.82) is 0 Å². The van der Waals surface area contributed by atoms with Gasteiger partial charge in [-0.05, 0) is 52.9 Å². The molecule has 0 aliphatic heterocycles. The molecule has 2 aromatic carbocycles. The summed E-state index contributed by atoms with van der Waals surface area (Å²) < 4.78 is 10.0. The molecule has 0 N–H and O–H groups in total. The van der Waals surface area contributed by atoms with Gasteiger partial charge in [-0.25, -0.2) is 4.79 Å². The van der Waals surface area contributed by atoms with Gasteiger partial charge in [-0.3, -0.25) is 0 Å². The van der Waals surface area contributed by atoms with Crippen molar-refractivity contribution in [2.75, 3.05) is 14.2 Å². The lowest BCUT2D eigenvalue weighted by Gasteiger charge is -2.12. The molecular formula is C19H22O3. The van der Waals surface area contributed by atoms with Crippen molar-refractivity contribution in [2.24, 2.45) is 0 Å². The molecule has 2 rings (SSSR count). The second-order valence-corrected chi connectivity index (χ2v) is 5.18. The minimum absolute atomic E-state index is 0.341. The number of hydrogen-bond acceptors (Lipinski definition) is 3. The van der Waals surface area contributed by atoms with Crippen molar-refractivity contribution < 1.29 is 14.3 Å². The number of methoxy groups -OCH3 is 2. The first-order valence-electron chi connectivity index (χ1n) is 7.55. The van der Waals surface area contributed by atoms with Crippen LogP contribution in [0.25, 0.3) is 16.8 Å². The predicted octanol–water partition coefficient (Wildman–Crippen LogP) is 4.38. The number of carbonyl (C=O) groups excluding carboxylic acids is 1. The van der Waals surface area contributed by atoms with E-state index in [0.29, 0.717) is 0 Å². The van der Waals surface area contributed by atoms with Crippen LogP contribution in [-0.2, 0) is 16.0 Å². The summed E-state index contributed by atoms with van der Waals surface area (Å²) in [5.41, 5.74) is 2.30. The highest BCUT2D eigenvalue weighted by Gasteiger charge is 2.07. The number of carbonyl (C=O) groups is 1. The SMILES string of the molecule is CCCCc1c(/C=C/C(=O)OC)ccc2ccc(OC)cc12. The number of ether oxygens (including phenoxy) is 2.